The van der Waals surface area contributed by atoms with Gasteiger partial charge in [-0.3, -0.25) is 4.79 Å². The van der Waals surface area contributed by atoms with Crippen LogP contribution in [0.5, 0.6) is 0 Å². The number of amides is 1. The Morgan fingerprint density at radius 2 is 2.04 bits per heavy atom. The normalized spacial score (nSPS) is 15.8. The Kier molecular flexibility index (Phi) is 4.23. The summed E-state index contributed by atoms with van der Waals surface area (Å²) in [6.07, 6.45) is 4.98. The third-order valence-electron chi connectivity index (χ3n) is 5.45. The average molecular weight is 349 g/mol. The summed E-state index contributed by atoms with van der Waals surface area (Å²) in [7, 11) is 0. The number of benzene rings is 1. The molecule has 1 N–H and O–H groups in total. The SMILES string of the molecule is CC(C)c1noc2ncc(C(=O)NCC3(c4ccccc4)CCC3)cc12. The number of nitrogens with one attached hydrogen (secondary N) is 1. The van der Waals surface area contributed by atoms with Gasteiger partial charge in [-0.1, -0.05) is 55.8 Å². The Morgan fingerprint density at radius 3 is 2.69 bits per heavy atom. The maximum absolute atomic E-state index is 12.7. The van der Waals surface area contributed by atoms with Gasteiger partial charge in [-0.2, -0.15) is 0 Å². The molecule has 26 heavy (non-hydrogen) atoms. The summed E-state index contributed by atoms with van der Waals surface area (Å²) in [5.41, 5.74) is 3.23. The van der Waals surface area contributed by atoms with Gasteiger partial charge in [-0.25, -0.2) is 4.98 Å². The monoisotopic (exact) mass is 349 g/mol. The predicted octanol–water partition coefficient (Wildman–Crippen LogP) is 4.20. The Balaban J connectivity index is 1.53. The maximum atomic E-state index is 12.7. The van der Waals surface area contributed by atoms with Crippen molar-refractivity contribution >= 4 is 17.0 Å². The van der Waals surface area contributed by atoms with E-state index >= 15 is 0 Å². The third-order valence-corrected chi connectivity index (χ3v) is 5.45. The Bertz CT molecular complexity index is 927. The highest BCUT2D eigenvalue weighted by atomic mass is 16.5. The van der Waals surface area contributed by atoms with Crippen LogP contribution < -0.4 is 5.32 Å². The van der Waals surface area contributed by atoms with E-state index in [2.05, 4.69) is 39.7 Å². The van der Waals surface area contributed by atoms with E-state index in [4.69, 9.17) is 4.52 Å². The smallest absolute Gasteiger partial charge is 0.257 e. The summed E-state index contributed by atoms with van der Waals surface area (Å²) in [4.78, 5) is 17.0. The zero-order valence-electron chi connectivity index (χ0n) is 15.2. The highest BCUT2D eigenvalue weighted by Crippen LogP contribution is 2.43. The fourth-order valence-corrected chi connectivity index (χ4v) is 3.70. The predicted molar refractivity (Wildman–Crippen MR) is 100 cm³/mol. The maximum Gasteiger partial charge on any atom is 0.257 e. The van der Waals surface area contributed by atoms with E-state index in [0.717, 1.165) is 23.9 Å². The van der Waals surface area contributed by atoms with E-state index in [9.17, 15) is 4.79 Å². The molecule has 0 radical (unpaired) electrons. The lowest BCUT2D eigenvalue weighted by atomic mass is 9.64. The number of nitrogens with zero attached hydrogens (tertiary/aromatic N) is 2. The highest BCUT2D eigenvalue weighted by molar-refractivity contribution is 5.97. The molecule has 0 atom stereocenters. The summed E-state index contributed by atoms with van der Waals surface area (Å²) >= 11 is 0. The van der Waals surface area contributed by atoms with E-state index in [0.29, 0.717) is 17.8 Å². The molecule has 4 rings (SSSR count). The van der Waals surface area contributed by atoms with Crippen molar-refractivity contribution in [2.45, 2.75) is 44.4 Å². The molecule has 5 nitrogen and oxygen atoms in total. The van der Waals surface area contributed by atoms with Crippen LogP contribution in [-0.4, -0.2) is 22.6 Å². The first-order valence-electron chi connectivity index (χ1n) is 9.18. The molecule has 2 heterocycles. The molecular formula is C21H23N3O2. The molecule has 2 aromatic heterocycles. The average Bonchev–Trinajstić information content (AvgIpc) is 3.05. The van der Waals surface area contributed by atoms with Crippen molar-refractivity contribution in [2.24, 2.45) is 0 Å². The Morgan fingerprint density at radius 1 is 1.27 bits per heavy atom. The van der Waals surface area contributed by atoms with Crippen LogP contribution in [-0.2, 0) is 5.41 Å². The van der Waals surface area contributed by atoms with Gasteiger partial charge >= 0.3 is 0 Å². The fraction of sp³-hybridized carbons (Fsp3) is 0.381. The number of rotatable bonds is 5. The largest absolute Gasteiger partial charge is 0.351 e. The Labute approximate surface area is 152 Å². The zero-order chi connectivity index (χ0) is 18.1. The second-order valence-corrected chi connectivity index (χ2v) is 7.48. The van der Waals surface area contributed by atoms with Gasteiger partial charge in [-0.15, -0.1) is 0 Å². The van der Waals surface area contributed by atoms with Gasteiger partial charge in [0.2, 0.25) is 0 Å². The minimum Gasteiger partial charge on any atom is -0.351 e. The minimum atomic E-state index is -0.0995. The summed E-state index contributed by atoms with van der Waals surface area (Å²) in [5, 5.41) is 8.00. The minimum absolute atomic E-state index is 0.0642. The van der Waals surface area contributed by atoms with Crippen LogP contribution in [0.25, 0.3) is 11.1 Å². The lowest BCUT2D eigenvalue weighted by Gasteiger charge is -2.42. The summed E-state index contributed by atoms with van der Waals surface area (Å²) < 4.78 is 5.25. The first kappa shape index (κ1) is 16.8. The summed E-state index contributed by atoms with van der Waals surface area (Å²) in [6, 6.07) is 12.3. The van der Waals surface area contributed by atoms with E-state index in [-0.39, 0.29) is 17.2 Å². The number of hydrogen-bond donors (Lipinski definition) is 1. The van der Waals surface area contributed by atoms with Crippen LogP contribution in [0.15, 0.2) is 47.1 Å². The van der Waals surface area contributed by atoms with Gasteiger partial charge in [0.1, 0.15) is 0 Å². The van der Waals surface area contributed by atoms with Crippen molar-refractivity contribution in [3.63, 3.8) is 0 Å². The fourth-order valence-electron chi connectivity index (χ4n) is 3.70. The van der Waals surface area contributed by atoms with Crippen molar-refractivity contribution in [1.82, 2.24) is 15.5 Å². The lowest BCUT2D eigenvalue weighted by molar-refractivity contribution is 0.0927. The van der Waals surface area contributed by atoms with Crippen molar-refractivity contribution in [3.8, 4) is 0 Å². The van der Waals surface area contributed by atoms with Gasteiger partial charge < -0.3 is 9.84 Å². The van der Waals surface area contributed by atoms with Crippen LogP contribution in [0.2, 0.25) is 0 Å². The summed E-state index contributed by atoms with van der Waals surface area (Å²) in [6.45, 7) is 4.74. The van der Waals surface area contributed by atoms with Crippen LogP contribution in [0.3, 0.4) is 0 Å². The van der Waals surface area contributed by atoms with Crippen LogP contribution in [0.1, 0.15) is 60.6 Å². The number of aromatic nitrogens is 2. The molecule has 5 heteroatoms. The molecule has 134 valence electrons. The van der Waals surface area contributed by atoms with E-state index in [1.165, 1.54) is 12.0 Å². The number of pyridine rings is 1. The molecule has 0 unspecified atom stereocenters. The van der Waals surface area contributed by atoms with Gasteiger partial charge in [0.05, 0.1) is 16.6 Å². The van der Waals surface area contributed by atoms with Crippen molar-refractivity contribution in [3.05, 3.63) is 59.4 Å². The van der Waals surface area contributed by atoms with Crippen LogP contribution in [0.4, 0.5) is 0 Å². The number of hydrogen-bond acceptors (Lipinski definition) is 4. The highest BCUT2D eigenvalue weighted by Gasteiger charge is 2.38. The first-order valence-corrected chi connectivity index (χ1v) is 9.18. The van der Waals surface area contributed by atoms with Crippen LogP contribution >= 0.6 is 0 Å². The number of carbonyl (C=O) groups is 1. The molecule has 0 spiro atoms. The molecule has 1 aromatic carbocycles. The molecule has 1 amide bonds. The standard InChI is InChI=1S/C21H23N3O2/c1-14(2)18-17-11-15(12-22-20(17)26-24-18)19(25)23-13-21(9-6-10-21)16-7-4-3-5-8-16/h3-5,7-8,11-12,14H,6,9-10,13H2,1-2H3,(H,23,25). The molecule has 1 aliphatic rings. The topological polar surface area (TPSA) is 68.0 Å². The second kappa shape index (κ2) is 6.56. The number of fused-ring (bicyclic) bond motifs is 1. The molecule has 1 fully saturated rings. The molecule has 1 saturated carbocycles. The Hall–Kier alpha value is -2.69. The summed E-state index contributed by atoms with van der Waals surface area (Å²) in [5.74, 6) is 0.116. The lowest BCUT2D eigenvalue weighted by Crippen LogP contribution is -2.45. The first-order chi connectivity index (χ1) is 12.6. The third kappa shape index (κ3) is 2.87. The van der Waals surface area contributed by atoms with Gasteiger partial charge in [0.25, 0.3) is 11.6 Å². The molecule has 0 saturated heterocycles. The van der Waals surface area contributed by atoms with Crippen LogP contribution in [0, 0.1) is 0 Å². The van der Waals surface area contributed by atoms with E-state index in [1.807, 2.05) is 26.0 Å². The van der Waals surface area contributed by atoms with E-state index < -0.39 is 0 Å². The van der Waals surface area contributed by atoms with Crippen molar-refractivity contribution in [1.29, 1.82) is 0 Å². The van der Waals surface area contributed by atoms with E-state index in [1.54, 1.807) is 6.20 Å². The molecule has 0 bridgehead atoms. The molecule has 3 aromatic rings. The second-order valence-electron chi connectivity index (χ2n) is 7.48. The van der Waals surface area contributed by atoms with Gasteiger partial charge in [0.15, 0.2) is 0 Å². The van der Waals surface area contributed by atoms with Gasteiger partial charge in [-0.05, 0) is 30.4 Å². The zero-order valence-corrected chi connectivity index (χ0v) is 15.2. The van der Waals surface area contributed by atoms with Crippen molar-refractivity contribution < 1.29 is 9.32 Å². The molecular weight excluding hydrogens is 326 g/mol. The van der Waals surface area contributed by atoms with Gasteiger partial charge in [0, 0.05) is 18.2 Å². The molecule has 0 aliphatic heterocycles. The quantitative estimate of drug-likeness (QED) is 0.750. The van der Waals surface area contributed by atoms with Crippen molar-refractivity contribution in [2.75, 3.05) is 6.54 Å². The number of carbonyl (C=O) groups excluding carboxylic acids is 1. The molecule has 1 aliphatic carbocycles.